The maximum absolute atomic E-state index is 11.8. The second-order valence-corrected chi connectivity index (χ2v) is 5.91. The number of carbonyl (C=O) groups excluding carboxylic acids is 1. The van der Waals surface area contributed by atoms with Crippen molar-refractivity contribution in [3.8, 4) is 0 Å². The molecule has 0 radical (unpaired) electrons. The number of rotatable bonds is 2. The molecule has 0 unspecified atom stereocenters. The van der Waals surface area contributed by atoms with E-state index < -0.39 is 0 Å². The lowest BCUT2D eigenvalue weighted by atomic mass is 9.97. The van der Waals surface area contributed by atoms with Gasteiger partial charge in [-0.25, -0.2) is 0 Å². The molecule has 1 aromatic carbocycles. The van der Waals surface area contributed by atoms with Gasteiger partial charge in [0.1, 0.15) is 0 Å². The van der Waals surface area contributed by atoms with Crippen LogP contribution in [0.25, 0.3) is 0 Å². The van der Waals surface area contributed by atoms with E-state index in [0.717, 1.165) is 0 Å². The fourth-order valence-electron chi connectivity index (χ4n) is 1.16. The van der Waals surface area contributed by atoms with Crippen molar-refractivity contribution < 1.29 is 4.79 Å². The molecule has 1 rings (SSSR count). The summed E-state index contributed by atoms with van der Waals surface area (Å²) in [6, 6.07) is 3.03. The van der Waals surface area contributed by atoms with Crippen LogP contribution in [0.15, 0.2) is 12.1 Å². The summed E-state index contributed by atoms with van der Waals surface area (Å²) in [5.41, 5.74) is 6.33. The Hall–Kier alpha value is -0.930. The highest BCUT2D eigenvalue weighted by atomic mass is 35.5. The molecule has 0 heterocycles. The fraction of sp³-hybridized carbons (Fsp3) is 0.417. The van der Waals surface area contributed by atoms with Gasteiger partial charge in [0.25, 0.3) is 5.91 Å². The summed E-state index contributed by atoms with van der Waals surface area (Å²) < 4.78 is 0. The fourth-order valence-corrected chi connectivity index (χ4v) is 1.65. The van der Waals surface area contributed by atoms with Gasteiger partial charge in [0.05, 0.1) is 15.7 Å². The number of amides is 1. The molecule has 3 N–H and O–H groups in total. The van der Waals surface area contributed by atoms with Gasteiger partial charge >= 0.3 is 0 Å². The first-order valence-corrected chi connectivity index (χ1v) is 5.99. The van der Waals surface area contributed by atoms with Gasteiger partial charge in [0.2, 0.25) is 0 Å². The molecule has 0 spiro atoms. The van der Waals surface area contributed by atoms with Crippen LogP contribution in [0.5, 0.6) is 0 Å². The smallest absolute Gasteiger partial charge is 0.251 e. The number of anilines is 1. The van der Waals surface area contributed by atoms with Gasteiger partial charge in [-0.15, -0.1) is 0 Å². The Bertz CT molecular complexity index is 416. The number of benzene rings is 1. The maximum atomic E-state index is 11.8. The lowest BCUT2D eigenvalue weighted by Crippen LogP contribution is -2.32. The molecule has 94 valence electrons. The monoisotopic (exact) mass is 274 g/mol. The molecule has 0 saturated carbocycles. The first-order valence-electron chi connectivity index (χ1n) is 5.23. The summed E-state index contributed by atoms with van der Waals surface area (Å²) in [5.74, 6) is -0.205. The highest BCUT2D eigenvalue weighted by Gasteiger charge is 2.15. The quantitative estimate of drug-likeness (QED) is 0.813. The van der Waals surface area contributed by atoms with E-state index in [1.165, 1.54) is 12.1 Å². The topological polar surface area (TPSA) is 55.1 Å². The van der Waals surface area contributed by atoms with Crippen LogP contribution in [-0.2, 0) is 0 Å². The summed E-state index contributed by atoms with van der Waals surface area (Å²) in [5, 5.41) is 3.40. The van der Waals surface area contributed by atoms with E-state index in [2.05, 4.69) is 5.32 Å². The van der Waals surface area contributed by atoms with E-state index in [9.17, 15) is 4.79 Å². The summed E-state index contributed by atoms with van der Waals surface area (Å²) in [6.07, 6.45) is 0. The van der Waals surface area contributed by atoms with Crippen LogP contribution >= 0.6 is 23.2 Å². The Labute approximate surface area is 111 Å². The molecule has 0 atom stereocenters. The average Bonchev–Trinajstić information content (AvgIpc) is 2.20. The minimum absolute atomic E-state index is 0.0249. The lowest BCUT2D eigenvalue weighted by Gasteiger charge is -2.18. The zero-order valence-corrected chi connectivity index (χ0v) is 11.6. The largest absolute Gasteiger partial charge is 0.396 e. The van der Waals surface area contributed by atoms with Crippen molar-refractivity contribution in [3.63, 3.8) is 0 Å². The van der Waals surface area contributed by atoms with E-state index in [4.69, 9.17) is 28.9 Å². The summed E-state index contributed by atoms with van der Waals surface area (Å²) >= 11 is 11.7. The summed E-state index contributed by atoms with van der Waals surface area (Å²) in [6.45, 7) is 6.69. The SMILES string of the molecule is CC(C)(C)CNC(=O)c1cc(Cl)c(N)c(Cl)c1. The zero-order chi connectivity index (χ0) is 13.2. The number of hydrogen-bond donors (Lipinski definition) is 2. The number of nitrogens with one attached hydrogen (secondary N) is 1. The standard InChI is InChI=1S/C12H16Cl2N2O/c1-12(2,3)6-16-11(17)7-4-8(13)10(15)9(14)5-7/h4-5H,6,15H2,1-3H3,(H,16,17). The molecule has 0 aliphatic rings. The van der Waals surface area contributed by atoms with E-state index >= 15 is 0 Å². The van der Waals surface area contributed by atoms with Crippen LogP contribution < -0.4 is 11.1 Å². The van der Waals surface area contributed by atoms with Crippen molar-refractivity contribution in [2.75, 3.05) is 12.3 Å². The molecule has 1 aromatic rings. The van der Waals surface area contributed by atoms with Crippen LogP contribution in [0.3, 0.4) is 0 Å². The first kappa shape index (κ1) is 14.1. The van der Waals surface area contributed by atoms with Crippen molar-refractivity contribution in [2.45, 2.75) is 20.8 Å². The molecule has 0 saturated heterocycles. The average molecular weight is 275 g/mol. The van der Waals surface area contributed by atoms with E-state index in [1.54, 1.807) is 0 Å². The molecule has 3 nitrogen and oxygen atoms in total. The van der Waals surface area contributed by atoms with Crippen LogP contribution in [-0.4, -0.2) is 12.5 Å². The number of carbonyl (C=O) groups is 1. The van der Waals surface area contributed by atoms with Gasteiger partial charge in [-0.2, -0.15) is 0 Å². The predicted octanol–water partition coefficient (Wildman–Crippen LogP) is 3.35. The molecule has 1 amide bonds. The van der Waals surface area contributed by atoms with Crippen LogP contribution in [0.2, 0.25) is 10.0 Å². The van der Waals surface area contributed by atoms with E-state index in [1.807, 2.05) is 20.8 Å². The Morgan fingerprint density at radius 1 is 1.29 bits per heavy atom. The third-order valence-corrected chi connectivity index (χ3v) is 2.75. The minimum atomic E-state index is -0.205. The molecule has 0 fully saturated rings. The van der Waals surface area contributed by atoms with Crippen molar-refractivity contribution in [2.24, 2.45) is 5.41 Å². The molecule has 0 aromatic heterocycles. The van der Waals surface area contributed by atoms with Crippen molar-refractivity contribution >= 4 is 34.8 Å². The second-order valence-electron chi connectivity index (χ2n) is 5.10. The molecule has 5 heteroatoms. The Balaban J connectivity index is 2.84. The first-order chi connectivity index (χ1) is 7.70. The molecule has 0 aliphatic heterocycles. The predicted molar refractivity (Wildman–Crippen MR) is 72.7 cm³/mol. The zero-order valence-electron chi connectivity index (χ0n) is 10.1. The Morgan fingerprint density at radius 2 is 1.76 bits per heavy atom. The van der Waals surface area contributed by atoms with Gasteiger partial charge in [-0.05, 0) is 17.5 Å². The highest BCUT2D eigenvalue weighted by molar-refractivity contribution is 6.39. The van der Waals surface area contributed by atoms with Crippen molar-refractivity contribution in [1.82, 2.24) is 5.32 Å². The van der Waals surface area contributed by atoms with Gasteiger partial charge in [-0.3, -0.25) is 4.79 Å². The van der Waals surface area contributed by atoms with Crippen LogP contribution in [0.4, 0.5) is 5.69 Å². The summed E-state index contributed by atoms with van der Waals surface area (Å²) in [4.78, 5) is 11.8. The van der Waals surface area contributed by atoms with Gasteiger partial charge in [0, 0.05) is 12.1 Å². The highest BCUT2D eigenvalue weighted by Crippen LogP contribution is 2.28. The minimum Gasteiger partial charge on any atom is -0.396 e. The van der Waals surface area contributed by atoms with Gasteiger partial charge < -0.3 is 11.1 Å². The van der Waals surface area contributed by atoms with Gasteiger partial charge in [0.15, 0.2) is 0 Å². The Morgan fingerprint density at radius 3 is 2.18 bits per heavy atom. The van der Waals surface area contributed by atoms with E-state index in [-0.39, 0.29) is 11.3 Å². The number of nitrogen functional groups attached to an aromatic ring is 1. The summed E-state index contributed by atoms with van der Waals surface area (Å²) in [7, 11) is 0. The van der Waals surface area contributed by atoms with Crippen LogP contribution in [0, 0.1) is 5.41 Å². The van der Waals surface area contributed by atoms with Crippen LogP contribution in [0.1, 0.15) is 31.1 Å². The lowest BCUT2D eigenvalue weighted by molar-refractivity contribution is 0.0939. The third kappa shape index (κ3) is 4.10. The third-order valence-electron chi connectivity index (χ3n) is 2.12. The van der Waals surface area contributed by atoms with Crippen molar-refractivity contribution in [1.29, 1.82) is 0 Å². The number of hydrogen-bond acceptors (Lipinski definition) is 2. The molecule has 0 aliphatic carbocycles. The van der Waals surface area contributed by atoms with E-state index in [0.29, 0.717) is 27.8 Å². The molecule has 17 heavy (non-hydrogen) atoms. The molecular formula is C12H16Cl2N2O. The van der Waals surface area contributed by atoms with Gasteiger partial charge in [-0.1, -0.05) is 44.0 Å². The second kappa shape index (κ2) is 5.15. The Kier molecular flexibility index (Phi) is 4.28. The number of halogens is 2. The maximum Gasteiger partial charge on any atom is 0.251 e. The normalized spacial score (nSPS) is 11.4. The molecule has 0 bridgehead atoms. The van der Waals surface area contributed by atoms with Crippen molar-refractivity contribution in [3.05, 3.63) is 27.7 Å². The molecular weight excluding hydrogens is 259 g/mol. The number of nitrogens with two attached hydrogens (primary N) is 1.